The van der Waals surface area contributed by atoms with E-state index in [0.717, 1.165) is 16.4 Å². The molecule has 0 saturated heterocycles. The molecule has 1 atom stereocenters. The zero-order valence-corrected chi connectivity index (χ0v) is 11.5. The number of rotatable bonds is 1. The van der Waals surface area contributed by atoms with Crippen molar-refractivity contribution in [2.45, 2.75) is 11.0 Å². The molecule has 0 saturated carbocycles. The number of benzene rings is 1. The van der Waals surface area contributed by atoms with Crippen molar-refractivity contribution in [3.8, 4) is 5.75 Å². The SMILES string of the molecule is Clc1cc(Cl)nc(C2CSc3ccccc3O2)n1. The fourth-order valence-corrected chi connectivity index (χ4v) is 3.11. The summed E-state index contributed by atoms with van der Waals surface area (Å²) in [6.45, 7) is 0. The number of para-hydroxylation sites is 1. The highest BCUT2D eigenvalue weighted by atomic mass is 35.5. The van der Waals surface area contributed by atoms with Crippen molar-refractivity contribution >= 4 is 35.0 Å². The highest BCUT2D eigenvalue weighted by Crippen LogP contribution is 2.39. The predicted octanol–water partition coefficient (Wildman–Crippen LogP) is 4.01. The van der Waals surface area contributed by atoms with Gasteiger partial charge in [-0.25, -0.2) is 9.97 Å². The largest absolute Gasteiger partial charge is 0.480 e. The molecule has 1 aliphatic heterocycles. The average Bonchev–Trinajstić information content (AvgIpc) is 2.37. The maximum Gasteiger partial charge on any atom is 0.173 e. The van der Waals surface area contributed by atoms with Gasteiger partial charge in [-0.3, -0.25) is 0 Å². The molecule has 2 heterocycles. The maximum absolute atomic E-state index is 5.87. The van der Waals surface area contributed by atoms with Crippen LogP contribution in [0.4, 0.5) is 0 Å². The lowest BCUT2D eigenvalue weighted by Crippen LogP contribution is -2.17. The van der Waals surface area contributed by atoms with Crippen molar-refractivity contribution in [2.75, 3.05) is 5.75 Å². The van der Waals surface area contributed by atoms with Crippen molar-refractivity contribution in [3.63, 3.8) is 0 Å². The highest BCUT2D eigenvalue weighted by molar-refractivity contribution is 7.99. The lowest BCUT2D eigenvalue weighted by Gasteiger charge is -2.24. The van der Waals surface area contributed by atoms with Crippen LogP contribution in [0.2, 0.25) is 10.3 Å². The first-order valence-electron chi connectivity index (χ1n) is 5.31. The second-order valence-corrected chi connectivity index (χ2v) is 5.57. The predicted molar refractivity (Wildman–Crippen MR) is 72.6 cm³/mol. The van der Waals surface area contributed by atoms with Crippen molar-refractivity contribution in [3.05, 3.63) is 46.5 Å². The zero-order chi connectivity index (χ0) is 12.5. The monoisotopic (exact) mass is 298 g/mol. The molecule has 0 spiro atoms. The van der Waals surface area contributed by atoms with Gasteiger partial charge in [0.15, 0.2) is 11.9 Å². The van der Waals surface area contributed by atoms with Crippen molar-refractivity contribution in [1.82, 2.24) is 9.97 Å². The third kappa shape index (κ3) is 2.41. The Morgan fingerprint density at radius 2 is 1.89 bits per heavy atom. The van der Waals surface area contributed by atoms with E-state index >= 15 is 0 Å². The molecule has 2 aromatic rings. The number of ether oxygens (including phenoxy) is 1. The van der Waals surface area contributed by atoms with Crippen LogP contribution >= 0.6 is 35.0 Å². The summed E-state index contributed by atoms with van der Waals surface area (Å²) >= 11 is 13.5. The minimum atomic E-state index is -0.221. The summed E-state index contributed by atoms with van der Waals surface area (Å²) in [5.74, 6) is 2.11. The van der Waals surface area contributed by atoms with Crippen LogP contribution in [-0.4, -0.2) is 15.7 Å². The molecular weight excluding hydrogens is 291 g/mol. The van der Waals surface area contributed by atoms with E-state index in [1.54, 1.807) is 11.8 Å². The van der Waals surface area contributed by atoms with Crippen molar-refractivity contribution in [1.29, 1.82) is 0 Å². The minimum absolute atomic E-state index is 0.221. The summed E-state index contributed by atoms with van der Waals surface area (Å²) in [6, 6.07) is 9.40. The summed E-state index contributed by atoms with van der Waals surface area (Å²) in [5.41, 5.74) is 0. The smallest absolute Gasteiger partial charge is 0.173 e. The van der Waals surface area contributed by atoms with Gasteiger partial charge < -0.3 is 4.74 Å². The molecule has 1 aromatic carbocycles. The van der Waals surface area contributed by atoms with Gasteiger partial charge in [-0.2, -0.15) is 0 Å². The van der Waals surface area contributed by atoms with Gasteiger partial charge in [0, 0.05) is 16.7 Å². The third-order valence-corrected chi connectivity index (χ3v) is 3.98. The molecule has 0 amide bonds. The first-order valence-corrected chi connectivity index (χ1v) is 7.05. The van der Waals surface area contributed by atoms with Crippen molar-refractivity contribution in [2.24, 2.45) is 0 Å². The van der Waals surface area contributed by atoms with Gasteiger partial charge in [0.25, 0.3) is 0 Å². The second-order valence-electron chi connectivity index (χ2n) is 3.74. The number of hydrogen-bond donors (Lipinski definition) is 0. The lowest BCUT2D eigenvalue weighted by molar-refractivity contribution is 0.210. The van der Waals surface area contributed by atoms with Crippen LogP contribution in [0.25, 0.3) is 0 Å². The first kappa shape index (κ1) is 12.1. The van der Waals surface area contributed by atoms with Crippen LogP contribution in [0.3, 0.4) is 0 Å². The molecule has 0 bridgehead atoms. The molecule has 1 unspecified atom stereocenters. The standard InChI is InChI=1S/C12H8Cl2N2OS/c13-10-5-11(14)16-12(15-10)8-6-18-9-4-2-1-3-7(9)17-8/h1-5,8H,6H2. The van der Waals surface area contributed by atoms with E-state index in [4.69, 9.17) is 27.9 Å². The van der Waals surface area contributed by atoms with E-state index in [9.17, 15) is 0 Å². The third-order valence-electron chi connectivity index (χ3n) is 2.48. The second kappa shape index (κ2) is 4.96. The molecule has 3 rings (SSSR count). The van der Waals surface area contributed by atoms with Gasteiger partial charge in [0.05, 0.1) is 0 Å². The average molecular weight is 299 g/mol. The van der Waals surface area contributed by atoms with Gasteiger partial charge in [0.1, 0.15) is 16.1 Å². The lowest BCUT2D eigenvalue weighted by atomic mass is 10.3. The molecular formula is C12H8Cl2N2OS. The number of fused-ring (bicyclic) bond motifs is 1. The van der Waals surface area contributed by atoms with Crippen molar-refractivity contribution < 1.29 is 4.74 Å². The van der Waals surface area contributed by atoms with Gasteiger partial charge in [-0.05, 0) is 12.1 Å². The quantitative estimate of drug-likeness (QED) is 0.745. The van der Waals surface area contributed by atoms with E-state index in [1.165, 1.54) is 6.07 Å². The van der Waals surface area contributed by atoms with Gasteiger partial charge >= 0.3 is 0 Å². The van der Waals surface area contributed by atoms with Gasteiger partial charge in [-0.1, -0.05) is 35.3 Å². The number of halogens is 2. The number of hydrogen-bond acceptors (Lipinski definition) is 4. The van der Waals surface area contributed by atoms with Crippen LogP contribution in [-0.2, 0) is 0 Å². The summed E-state index contributed by atoms with van der Waals surface area (Å²) in [4.78, 5) is 9.45. The summed E-state index contributed by atoms with van der Waals surface area (Å²) in [7, 11) is 0. The molecule has 6 heteroatoms. The van der Waals surface area contributed by atoms with E-state index in [2.05, 4.69) is 9.97 Å². The molecule has 1 aliphatic rings. The van der Waals surface area contributed by atoms with Crippen LogP contribution in [0, 0.1) is 0 Å². The van der Waals surface area contributed by atoms with Gasteiger partial charge in [-0.15, -0.1) is 11.8 Å². The van der Waals surface area contributed by atoms with Gasteiger partial charge in [0.2, 0.25) is 0 Å². The molecule has 3 nitrogen and oxygen atoms in total. The number of thioether (sulfide) groups is 1. The highest BCUT2D eigenvalue weighted by Gasteiger charge is 2.24. The van der Waals surface area contributed by atoms with E-state index in [0.29, 0.717) is 16.1 Å². The Morgan fingerprint density at radius 3 is 2.67 bits per heavy atom. The Labute approximate surface area is 118 Å². The maximum atomic E-state index is 5.87. The number of aromatic nitrogens is 2. The normalized spacial score (nSPS) is 18.0. The Hall–Kier alpha value is -0.970. The zero-order valence-electron chi connectivity index (χ0n) is 9.14. The minimum Gasteiger partial charge on any atom is -0.480 e. The first-order chi connectivity index (χ1) is 8.72. The summed E-state index contributed by atoms with van der Waals surface area (Å²) < 4.78 is 5.86. The molecule has 0 radical (unpaired) electrons. The molecule has 1 aromatic heterocycles. The molecule has 92 valence electrons. The van der Waals surface area contributed by atoms with Crippen LogP contribution < -0.4 is 4.74 Å². The Morgan fingerprint density at radius 1 is 1.17 bits per heavy atom. The van der Waals surface area contributed by atoms with Crippen LogP contribution in [0.15, 0.2) is 35.2 Å². The van der Waals surface area contributed by atoms with Crippen LogP contribution in [0.5, 0.6) is 5.75 Å². The van der Waals surface area contributed by atoms with E-state index < -0.39 is 0 Å². The fourth-order valence-electron chi connectivity index (χ4n) is 1.70. The topological polar surface area (TPSA) is 35.0 Å². The Balaban J connectivity index is 1.91. The molecule has 0 fully saturated rings. The Kier molecular flexibility index (Phi) is 3.33. The van der Waals surface area contributed by atoms with E-state index in [1.807, 2.05) is 24.3 Å². The fraction of sp³-hybridized carbons (Fsp3) is 0.167. The summed E-state index contributed by atoms with van der Waals surface area (Å²) in [6.07, 6.45) is -0.221. The summed E-state index contributed by atoms with van der Waals surface area (Å²) in [5, 5.41) is 0.662. The molecule has 0 N–H and O–H groups in total. The van der Waals surface area contributed by atoms with Crippen LogP contribution in [0.1, 0.15) is 11.9 Å². The molecule has 0 aliphatic carbocycles. The molecule has 18 heavy (non-hydrogen) atoms. The Bertz CT molecular complexity index is 574. The van der Waals surface area contributed by atoms with E-state index in [-0.39, 0.29) is 6.10 Å². The number of nitrogens with zero attached hydrogens (tertiary/aromatic N) is 2.